The number of likely N-dealkylation sites (tertiary alicyclic amines) is 1. The molecule has 1 aliphatic rings. The molecular formula is C20H34N4OS. The lowest BCUT2D eigenvalue weighted by molar-refractivity contribution is -0.121. The number of unbranched alkanes of at least 4 members (excludes halogenated alkanes) is 1. The Morgan fingerprint density at radius 1 is 1.27 bits per heavy atom. The Bertz CT molecular complexity index is 570. The number of hydrogen-bond donors (Lipinski definition) is 1. The van der Waals surface area contributed by atoms with Gasteiger partial charge in [0.2, 0.25) is 5.91 Å². The van der Waals surface area contributed by atoms with Gasteiger partial charge in [-0.3, -0.25) is 4.79 Å². The van der Waals surface area contributed by atoms with Crippen LogP contribution in [0.15, 0.2) is 5.16 Å². The van der Waals surface area contributed by atoms with E-state index >= 15 is 0 Å². The van der Waals surface area contributed by atoms with Gasteiger partial charge in [-0.15, -0.1) is 0 Å². The van der Waals surface area contributed by atoms with Crippen molar-refractivity contribution in [1.29, 1.82) is 0 Å². The molecular weight excluding hydrogens is 344 g/mol. The smallest absolute Gasteiger partial charge is 0.220 e. The first-order valence-corrected chi connectivity index (χ1v) is 11.1. The summed E-state index contributed by atoms with van der Waals surface area (Å²) in [4.78, 5) is 23.6. The maximum atomic E-state index is 12.1. The lowest BCUT2D eigenvalue weighted by Crippen LogP contribution is -2.35. The van der Waals surface area contributed by atoms with Crippen molar-refractivity contribution in [3.05, 3.63) is 17.0 Å². The summed E-state index contributed by atoms with van der Waals surface area (Å²) >= 11 is 1.55. The minimum absolute atomic E-state index is 0.129. The second-order valence-corrected chi connectivity index (χ2v) is 8.24. The van der Waals surface area contributed by atoms with Gasteiger partial charge in [-0.05, 0) is 76.8 Å². The molecule has 1 saturated heterocycles. The minimum atomic E-state index is 0.129. The second-order valence-electron chi connectivity index (χ2n) is 7.46. The molecule has 26 heavy (non-hydrogen) atoms. The zero-order valence-electron chi connectivity index (χ0n) is 16.8. The fourth-order valence-electron chi connectivity index (χ4n) is 3.67. The third kappa shape index (κ3) is 6.88. The van der Waals surface area contributed by atoms with Crippen molar-refractivity contribution in [2.24, 2.45) is 5.92 Å². The average Bonchev–Trinajstić information content (AvgIpc) is 2.60. The third-order valence-electron chi connectivity index (χ3n) is 5.15. The molecule has 0 aliphatic carbocycles. The molecule has 1 unspecified atom stereocenters. The summed E-state index contributed by atoms with van der Waals surface area (Å²) in [6, 6.07) is 0. The quantitative estimate of drug-likeness (QED) is 0.405. The van der Waals surface area contributed by atoms with Crippen LogP contribution in [0.25, 0.3) is 0 Å². The summed E-state index contributed by atoms with van der Waals surface area (Å²) in [5.41, 5.74) is 3.09. The van der Waals surface area contributed by atoms with Crippen LogP contribution >= 0.6 is 11.8 Å². The molecule has 2 heterocycles. The van der Waals surface area contributed by atoms with Gasteiger partial charge in [0.15, 0.2) is 5.16 Å². The van der Waals surface area contributed by atoms with Crippen molar-refractivity contribution in [3.8, 4) is 0 Å². The summed E-state index contributed by atoms with van der Waals surface area (Å²) in [6.45, 7) is 10.8. The Labute approximate surface area is 162 Å². The molecule has 0 saturated carbocycles. The average molecular weight is 379 g/mol. The van der Waals surface area contributed by atoms with Crippen molar-refractivity contribution in [3.63, 3.8) is 0 Å². The van der Waals surface area contributed by atoms with E-state index in [1.165, 1.54) is 25.9 Å². The topological polar surface area (TPSA) is 58.1 Å². The number of nitrogens with one attached hydrogen (secondary N) is 1. The first kappa shape index (κ1) is 21.2. The molecule has 0 aromatic carbocycles. The number of aryl methyl sites for hydroxylation is 2. The monoisotopic (exact) mass is 378 g/mol. The largest absolute Gasteiger partial charge is 0.356 e. The van der Waals surface area contributed by atoms with E-state index in [1.807, 2.05) is 20.1 Å². The van der Waals surface area contributed by atoms with Gasteiger partial charge in [-0.2, -0.15) is 0 Å². The lowest BCUT2D eigenvalue weighted by Gasteiger charge is -2.30. The van der Waals surface area contributed by atoms with Gasteiger partial charge in [-0.25, -0.2) is 9.97 Å². The van der Waals surface area contributed by atoms with Gasteiger partial charge in [0.25, 0.3) is 0 Å². The standard InChI is InChI=1S/C20H34N4OS/c1-15-8-7-13-24(14-15)12-6-5-11-21-19(25)10-9-18-16(2)22-20(26-4)23-17(18)3/h15H,5-14H2,1-4H3,(H,21,25). The molecule has 6 heteroatoms. The van der Waals surface area contributed by atoms with Crippen LogP contribution in [0.4, 0.5) is 0 Å². The number of piperidine rings is 1. The van der Waals surface area contributed by atoms with Crippen molar-refractivity contribution < 1.29 is 4.79 Å². The summed E-state index contributed by atoms with van der Waals surface area (Å²) in [6.07, 6.45) is 8.12. The predicted molar refractivity (Wildman–Crippen MR) is 109 cm³/mol. The Balaban J connectivity index is 1.62. The molecule has 5 nitrogen and oxygen atoms in total. The molecule has 1 N–H and O–H groups in total. The zero-order valence-corrected chi connectivity index (χ0v) is 17.6. The fourth-order valence-corrected chi connectivity index (χ4v) is 4.12. The van der Waals surface area contributed by atoms with E-state index in [0.717, 1.165) is 54.0 Å². The van der Waals surface area contributed by atoms with Crippen LogP contribution in [0.2, 0.25) is 0 Å². The van der Waals surface area contributed by atoms with Crippen LogP contribution in [0.5, 0.6) is 0 Å². The van der Waals surface area contributed by atoms with Crippen molar-refractivity contribution in [1.82, 2.24) is 20.2 Å². The number of rotatable bonds is 9. The van der Waals surface area contributed by atoms with Crippen LogP contribution in [0.3, 0.4) is 0 Å². The number of aromatic nitrogens is 2. The third-order valence-corrected chi connectivity index (χ3v) is 5.70. The van der Waals surface area contributed by atoms with Gasteiger partial charge in [0.1, 0.15) is 0 Å². The molecule has 1 aromatic heterocycles. The van der Waals surface area contributed by atoms with Crippen LogP contribution in [-0.4, -0.2) is 53.2 Å². The Morgan fingerprint density at radius 3 is 2.65 bits per heavy atom. The first-order valence-electron chi connectivity index (χ1n) is 9.86. The van der Waals surface area contributed by atoms with E-state index in [1.54, 1.807) is 11.8 Å². The summed E-state index contributed by atoms with van der Waals surface area (Å²) < 4.78 is 0. The number of amides is 1. The number of hydrogen-bond acceptors (Lipinski definition) is 5. The Morgan fingerprint density at radius 2 is 2.00 bits per heavy atom. The van der Waals surface area contributed by atoms with E-state index in [9.17, 15) is 4.79 Å². The first-order chi connectivity index (χ1) is 12.5. The van der Waals surface area contributed by atoms with E-state index in [-0.39, 0.29) is 5.91 Å². The molecule has 1 aromatic rings. The highest BCUT2D eigenvalue weighted by molar-refractivity contribution is 7.98. The normalized spacial score (nSPS) is 18.1. The molecule has 1 atom stereocenters. The fraction of sp³-hybridized carbons (Fsp3) is 0.750. The summed E-state index contributed by atoms with van der Waals surface area (Å²) in [5, 5.41) is 3.86. The number of nitrogens with zero attached hydrogens (tertiary/aromatic N) is 3. The van der Waals surface area contributed by atoms with E-state index in [4.69, 9.17) is 0 Å². The van der Waals surface area contributed by atoms with Crippen molar-refractivity contribution >= 4 is 17.7 Å². The molecule has 1 fully saturated rings. The van der Waals surface area contributed by atoms with Crippen molar-refractivity contribution in [2.45, 2.75) is 64.5 Å². The summed E-state index contributed by atoms with van der Waals surface area (Å²) in [7, 11) is 0. The van der Waals surface area contributed by atoms with Crippen LogP contribution in [0, 0.1) is 19.8 Å². The molecule has 0 bridgehead atoms. The van der Waals surface area contributed by atoms with Crippen molar-refractivity contribution in [2.75, 3.05) is 32.4 Å². The minimum Gasteiger partial charge on any atom is -0.356 e. The maximum absolute atomic E-state index is 12.1. The second kappa shape index (κ2) is 10.9. The number of carbonyl (C=O) groups excluding carboxylic acids is 1. The molecule has 146 valence electrons. The highest BCUT2D eigenvalue weighted by Gasteiger charge is 2.15. The van der Waals surface area contributed by atoms with Gasteiger partial charge < -0.3 is 10.2 Å². The number of thioether (sulfide) groups is 1. The van der Waals surface area contributed by atoms with E-state index < -0.39 is 0 Å². The highest BCUT2D eigenvalue weighted by Crippen LogP contribution is 2.17. The van der Waals surface area contributed by atoms with Gasteiger partial charge in [0.05, 0.1) is 0 Å². The molecule has 1 aliphatic heterocycles. The molecule has 0 radical (unpaired) electrons. The van der Waals surface area contributed by atoms with Crippen LogP contribution in [0.1, 0.15) is 56.0 Å². The Kier molecular flexibility index (Phi) is 8.85. The highest BCUT2D eigenvalue weighted by atomic mass is 32.2. The van der Waals surface area contributed by atoms with Gasteiger partial charge >= 0.3 is 0 Å². The van der Waals surface area contributed by atoms with Gasteiger partial charge in [0, 0.05) is 30.9 Å². The van der Waals surface area contributed by atoms with E-state index in [0.29, 0.717) is 12.8 Å². The van der Waals surface area contributed by atoms with E-state index in [2.05, 4.69) is 27.1 Å². The maximum Gasteiger partial charge on any atom is 0.220 e. The van der Waals surface area contributed by atoms with Gasteiger partial charge in [-0.1, -0.05) is 18.7 Å². The lowest BCUT2D eigenvalue weighted by atomic mass is 10.0. The summed E-state index contributed by atoms with van der Waals surface area (Å²) in [5.74, 6) is 0.966. The molecule has 1 amide bonds. The van der Waals surface area contributed by atoms with Crippen LogP contribution < -0.4 is 5.32 Å². The number of carbonyl (C=O) groups is 1. The Hall–Kier alpha value is -1.14. The zero-order chi connectivity index (χ0) is 18.9. The predicted octanol–water partition coefficient (Wildman–Crippen LogP) is 3.38. The SMILES string of the molecule is CSc1nc(C)c(CCC(=O)NCCCCN2CCCC(C)C2)c(C)n1. The molecule has 2 rings (SSSR count). The molecule has 0 spiro atoms. The van der Waals surface area contributed by atoms with Crippen LogP contribution in [-0.2, 0) is 11.2 Å².